The van der Waals surface area contributed by atoms with Crippen LogP contribution in [0.1, 0.15) is 0 Å². The van der Waals surface area contributed by atoms with Crippen LogP contribution in [0, 0.1) is 0 Å². The van der Waals surface area contributed by atoms with Gasteiger partial charge in [0, 0.05) is 56.3 Å². The van der Waals surface area contributed by atoms with Crippen LogP contribution >= 0.6 is 0 Å². The Morgan fingerprint density at radius 3 is 1.31 bits per heavy atom. The molecule has 0 spiro atoms. The zero-order chi connectivity index (χ0) is 54.8. The number of fused-ring (bicyclic) bond motifs is 8. The van der Waals surface area contributed by atoms with Gasteiger partial charge in [0.05, 0.1) is 22.4 Å². The third-order valence-corrected chi connectivity index (χ3v) is 16.9. The maximum atomic E-state index is 2.61. The van der Waals surface area contributed by atoms with Crippen molar-refractivity contribution in [1.82, 2.24) is 4.57 Å². The molecule has 0 N–H and O–H groups in total. The van der Waals surface area contributed by atoms with Gasteiger partial charge in [-0.3, -0.25) is 0 Å². The van der Waals surface area contributed by atoms with Gasteiger partial charge in [-0.1, -0.05) is 231 Å². The van der Waals surface area contributed by atoms with E-state index >= 15 is 0 Å². The molecule has 5 heteroatoms. The van der Waals surface area contributed by atoms with Crippen molar-refractivity contribution in [1.29, 1.82) is 0 Å². The molecule has 0 unspecified atom stereocenters. The molecule has 0 bridgehead atoms. The highest BCUT2D eigenvalue weighted by molar-refractivity contribution is 7.00. The molecule has 388 valence electrons. The number of aromatic nitrogens is 1. The van der Waals surface area contributed by atoms with E-state index < -0.39 is 0 Å². The fourth-order valence-corrected chi connectivity index (χ4v) is 13.2. The molecule has 2 aliphatic heterocycles. The second-order valence-corrected chi connectivity index (χ2v) is 21.6. The summed E-state index contributed by atoms with van der Waals surface area (Å²) in [6.45, 7) is -0.175. The highest BCUT2D eigenvalue weighted by Gasteiger charge is 2.45. The summed E-state index contributed by atoms with van der Waals surface area (Å²) in [6.07, 6.45) is 0. The molecule has 0 atom stereocenters. The van der Waals surface area contributed by atoms with Crippen molar-refractivity contribution < 1.29 is 0 Å². The summed E-state index contributed by atoms with van der Waals surface area (Å²) in [6, 6.07) is 118. The molecule has 14 aromatic rings. The lowest BCUT2D eigenvalue weighted by molar-refractivity contribution is 1.18. The first-order valence-corrected chi connectivity index (χ1v) is 28.6. The van der Waals surface area contributed by atoms with E-state index in [1.807, 2.05) is 0 Å². The Bertz CT molecular complexity index is 4680. The summed E-state index contributed by atoms with van der Waals surface area (Å²) < 4.78 is 2.49. The van der Waals surface area contributed by atoms with Crippen LogP contribution in [0.25, 0.3) is 72.0 Å². The summed E-state index contributed by atoms with van der Waals surface area (Å²) >= 11 is 0. The summed E-state index contributed by atoms with van der Waals surface area (Å²) in [5.74, 6) is 0. The molecular weight excluding hydrogens is 1000 g/mol. The van der Waals surface area contributed by atoms with Gasteiger partial charge >= 0.3 is 0 Å². The zero-order valence-electron chi connectivity index (χ0n) is 45.5. The Balaban J connectivity index is 1.04. The SMILES string of the molecule is c1ccc(-c2ccc(N3c4cc(N(c5ccccc5)c5ccccc5)cc5c4B(c4cc(-c6ccccc6)ccc4N5c4cccc(-c5ccccc5)c4)c4ccc5c(c43)c3ccccc3n5-c3cccc(-c4ccccc4)c3)cc2)cc1. The molecule has 0 saturated heterocycles. The average molecular weight is 1060 g/mol. The Labute approximate surface area is 484 Å². The lowest BCUT2D eigenvalue weighted by Crippen LogP contribution is -2.61. The molecule has 83 heavy (non-hydrogen) atoms. The van der Waals surface area contributed by atoms with E-state index in [1.54, 1.807) is 0 Å². The Kier molecular flexibility index (Phi) is 11.6. The number of para-hydroxylation sites is 3. The van der Waals surface area contributed by atoms with E-state index in [0.717, 1.165) is 67.8 Å². The maximum absolute atomic E-state index is 2.61. The van der Waals surface area contributed by atoms with Gasteiger partial charge in [-0.25, -0.2) is 0 Å². The maximum Gasteiger partial charge on any atom is 0.252 e. The largest absolute Gasteiger partial charge is 0.311 e. The van der Waals surface area contributed by atoms with Gasteiger partial charge in [0.25, 0.3) is 6.71 Å². The molecule has 0 aliphatic carbocycles. The lowest BCUT2D eigenvalue weighted by atomic mass is 9.33. The minimum atomic E-state index is -0.175. The number of nitrogens with zero attached hydrogens (tertiary/aromatic N) is 4. The van der Waals surface area contributed by atoms with Crippen molar-refractivity contribution in [3.05, 3.63) is 322 Å². The summed E-state index contributed by atoms with van der Waals surface area (Å²) in [5, 5.41) is 2.40. The van der Waals surface area contributed by atoms with Gasteiger partial charge < -0.3 is 19.3 Å². The summed E-state index contributed by atoms with van der Waals surface area (Å²) in [5.41, 5.74) is 26.5. The number of anilines is 9. The van der Waals surface area contributed by atoms with E-state index in [-0.39, 0.29) is 6.71 Å². The van der Waals surface area contributed by atoms with Gasteiger partial charge in [0.1, 0.15) is 0 Å². The number of benzene rings is 13. The van der Waals surface area contributed by atoms with Gasteiger partial charge in [-0.15, -0.1) is 0 Å². The molecular formula is C78H53BN4. The van der Waals surface area contributed by atoms with Crippen molar-refractivity contribution >= 4 is 96.1 Å². The fraction of sp³-hybridized carbons (Fsp3) is 0. The molecule has 16 rings (SSSR count). The molecule has 4 nitrogen and oxygen atoms in total. The van der Waals surface area contributed by atoms with Crippen LogP contribution in [-0.4, -0.2) is 11.3 Å². The average Bonchev–Trinajstić information content (AvgIpc) is 2.31. The minimum absolute atomic E-state index is 0.175. The van der Waals surface area contributed by atoms with Crippen LogP contribution in [-0.2, 0) is 0 Å². The third-order valence-electron chi connectivity index (χ3n) is 16.9. The van der Waals surface area contributed by atoms with E-state index in [0.29, 0.717) is 0 Å². The third kappa shape index (κ3) is 8.16. The van der Waals surface area contributed by atoms with E-state index in [9.17, 15) is 0 Å². The highest BCUT2D eigenvalue weighted by Crippen LogP contribution is 2.51. The molecule has 0 fully saturated rings. The first-order valence-electron chi connectivity index (χ1n) is 28.6. The predicted molar refractivity (Wildman–Crippen MR) is 351 cm³/mol. The standard InChI is InChI=1S/C78H53BN4/c1-7-23-54(24-8-1)58-41-44-64(45-42-58)83-75-53-67(80(62-33-15-5-16-34-62)63-35-17-6-18-36-63)52-74-77(75)79(70-51-61(57-29-13-4-14-30-57)43-47-72(70)82(74)66-38-22-32-60(50-66)56-27-11-3-12-28-56)69-46-48-73-76(78(69)83)68-39-19-20-40-71(68)81(73)65-37-21-31-59(49-65)55-25-9-2-10-26-55/h1-53H. The van der Waals surface area contributed by atoms with Gasteiger partial charge in [-0.2, -0.15) is 0 Å². The van der Waals surface area contributed by atoms with Crippen LogP contribution < -0.4 is 31.1 Å². The first kappa shape index (κ1) is 48.1. The fourth-order valence-electron chi connectivity index (χ4n) is 13.2. The Morgan fingerprint density at radius 2 is 0.723 bits per heavy atom. The van der Waals surface area contributed by atoms with Crippen molar-refractivity contribution in [2.75, 3.05) is 14.7 Å². The molecule has 2 aliphatic rings. The van der Waals surface area contributed by atoms with Crippen LogP contribution in [0.15, 0.2) is 322 Å². The molecule has 0 radical (unpaired) electrons. The second-order valence-electron chi connectivity index (χ2n) is 21.6. The van der Waals surface area contributed by atoms with Crippen LogP contribution in [0.4, 0.5) is 51.2 Å². The molecule has 1 aromatic heterocycles. The van der Waals surface area contributed by atoms with E-state index in [4.69, 9.17) is 0 Å². The minimum Gasteiger partial charge on any atom is -0.311 e. The van der Waals surface area contributed by atoms with Gasteiger partial charge in [-0.05, 0) is 152 Å². The molecule has 3 heterocycles. The molecule has 0 saturated carbocycles. The Morgan fingerprint density at radius 1 is 0.265 bits per heavy atom. The topological polar surface area (TPSA) is 14.7 Å². The first-order chi connectivity index (χ1) is 41.2. The van der Waals surface area contributed by atoms with Crippen LogP contribution in [0.5, 0.6) is 0 Å². The number of hydrogen-bond acceptors (Lipinski definition) is 3. The monoisotopic (exact) mass is 1060 g/mol. The predicted octanol–water partition coefficient (Wildman–Crippen LogP) is 19.0. The second kappa shape index (κ2) is 20.0. The van der Waals surface area contributed by atoms with Gasteiger partial charge in [0.2, 0.25) is 0 Å². The van der Waals surface area contributed by atoms with Crippen molar-refractivity contribution in [3.8, 4) is 50.2 Å². The quantitative estimate of drug-likeness (QED) is 0.127. The van der Waals surface area contributed by atoms with Crippen molar-refractivity contribution in [3.63, 3.8) is 0 Å². The van der Waals surface area contributed by atoms with E-state index in [1.165, 1.54) is 71.8 Å². The van der Waals surface area contributed by atoms with Crippen LogP contribution in [0.2, 0.25) is 0 Å². The summed E-state index contributed by atoms with van der Waals surface area (Å²) in [4.78, 5) is 7.59. The zero-order valence-corrected chi connectivity index (χ0v) is 45.5. The number of hydrogen-bond donors (Lipinski definition) is 0. The van der Waals surface area contributed by atoms with Crippen molar-refractivity contribution in [2.45, 2.75) is 0 Å². The molecule has 0 amide bonds. The van der Waals surface area contributed by atoms with Crippen molar-refractivity contribution in [2.24, 2.45) is 0 Å². The highest BCUT2D eigenvalue weighted by atomic mass is 15.2. The molecule has 13 aromatic carbocycles. The normalized spacial score (nSPS) is 12.3. The lowest BCUT2D eigenvalue weighted by Gasteiger charge is -2.45. The van der Waals surface area contributed by atoms with E-state index in [2.05, 4.69) is 341 Å². The van der Waals surface area contributed by atoms with Crippen LogP contribution in [0.3, 0.4) is 0 Å². The Hall–Kier alpha value is -10.9. The smallest absolute Gasteiger partial charge is 0.252 e. The summed E-state index contributed by atoms with van der Waals surface area (Å²) in [7, 11) is 0. The number of rotatable bonds is 10. The van der Waals surface area contributed by atoms with Gasteiger partial charge in [0.15, 0.2) is 0 Å².